The highest BCUT2D eigenvalue weighted by Crippen LogP contribution is 2.37. The van der Waals surface area contributed by atoms with Gasteiger partial charge in [0.15, 0.2) is 23.0 Å². The van der Waals surface area contributed by atoms with Crippen LogP contribution in [0.5, 0.6) is 23.0 Å². The standard InChI is InChI=1S/C20H13N3O4S/c21-7-13(8-22-14-2-4-17-19(6-14)27-11-25-17)20-23-15(9-28-20)12-1-3-16-18(5-12)26-10-24-16/h1-6,8-9,22H,10-11H2. The first-order chi connectivity index (χ1) is 13.8. The summed E-state index contributed by atoms with van der Waals surface area (Å²) in [6.45, 7) is 0.452. The molecule has 0 unspecified atom stereocenters. The van der Waals surface area contributed by atoms with Gasteiger partial charge in [-0.1, -0.05) is 0 Å². The lowest BCUT2D eigenvalue weighted by molar-refractivity contribution is 0.173. The lowest BCUT2D eigenvalue weighted by Gasteiger charge is -2.03. The van der Waals surface area contributed by atoms with Crippen LogP contribution < -0.4 is 24.3 Å². The molecule has 2 aliphatic heterocycles. The summed E-state index contributed by atoms with van der Waals surface area (Å²) in [4.78, 5) is 4.59. The predicted molar refractivity (Wildman–Crippen MR) is 103 cm³/mol. The molecule has 3 heterocycles. The maximum atomic E-state index is 9.55. The molecule has 0 bridgehead atoms. The van der Waals surface area contributed by atoms with Crippen molar-refractivity contribution in [1.29, 1.82) is 5.26 Å². The molecule has 0 saturated heterocycles. The number of nitrogens with one attached hydrogen (secondary N) is 1. The normalized spacial score (nSPS) is 14.0. The molecule has 1 N–H and O–H groups in total. The SMILES string of the molecule is N#CC(=CNc1ccc2c(c1)OCO2)c1nc(-c2ccc3c(c2)OCO3)cs1. The van der Waals surface area contributed by atoms with E-state index in [9.17, 15) is 5.26 Å². The van der Waals surface area contributed by atoms with Crippen LogP contribution in [0.25, 0.3) is 16.8 Å². The third-order valence-electron chi connectivity index (χ3n) is 4.28. The maximum Gasteiger partial charge on any atom is 0.231 e. The van der Waals surface area contributed by atoms with Gasteiger partial charge in [0.1, 0.15) is 16.6 Å². The Morgan fingerprint density at radius 1 is 1.00 bits per heavy atom. The number of thiazole rings is 1. The van der Waals surface area contributed by atoms with Gasteiger partial charge in [0.2, 0.25) is 13.6 Å². The lowest BCUT2D eigenvalue weighted by Crippen LogP contribution is -1.93. The van der Waals surface area contributed by atoms with Crippen LogP contribution >= 0.6 is 11.3 Å². The Hall–Kier alpha value is -3.70. The van der Waals surface area contributed by atoms with Crippen molar-refractivity contribution < 1.29 is 18.9 Å². The average molecular weight is 391 g/mol. The molecule has 0 aliphatic carbocycles. The fraction of sp³-hybridized carbons (Fsp3) is 0.100. The summed E-state index contributed by atoms with van der Waals surface area (Å²) >= 11 is 1.41. The summed E-state index contributed by atoms with van der Waals surface area (Å²) in [6.07, 6.45) is 1.64. The Balaban J connectivity index is 1.37. The highest BCUT2D eigenvalue weighted by atomic mass is 32.1. The predicted octanol–water partition coefficient (Wildman–Crippen LogP) is 4.24. The Morgan fingerprint density at radius 2 is 1.71 bits per heavy atom. The Labute approximate surface area is 164 Å². The Morgan fingerprint density at radius 3 is 2.50 bits per heavy atom. The fourth-order valence-electron chi connectivity index (χ4n) is 2.87. The van der Waals surface area contributed by atoms with Crippen molar-refractivity contribution in [2.75, 3.05) is 18.9 Å². The van der Waals surface area contributed by atoms with Gasteiger partial charge in [-0.2, -0.15) is 5.26 Å². The first-order valence-electron chi connectivity index (χ1n) is 8.42. The van der Waals surface area contributed by atoms with Crippen LogP contribution in [0.1, 0.15) is 5.01 Å². The molecule has 8 heteroatoms. The zero-order valence-corrected chi connectivity index (χ0v) is 15.3. The third kappa shape index (κ3) is 2.98. The molecule has 0 spiro atoms. The van der Waals surface area contributed by atoms with Crippen LogP contribution in [0, 0.1) is 11.3 Å². The summed E-state index contributed by atoms with van der Waals surface area (Å²) in [5, 5.41) is 15.2. The molecule has 0 saturated carbocycles. The molecule has 0 atom stereocenters. The van der Waals surface area contributed by atoms with Crippen molar-refractivity contribution in [2.45, 2.75) is 0 Å². The van der Waals surface area contributed by atoms with E-state index < -0.39 is 0 Å². The third-order valence-corrected chi connectivity index (χ3v) is 5.15. The molecule has 3 aromatic rings. The second kappa shape index (κ2) is 6.79. The van der Waals surface area contributed by atoms with E-state index in [0.717, 1.165) is 22.7 Å². The number of anilines is 1. The van der Waals surface area contributed by atoms with E-state index in [-0.39, 0.29) is 13.6 Å². The first kappa shape index (κ1) is 16.5. The Kier molecular flexibility index (Phi) is 4.00. The van der Waals surface area contributed by atoms with Gasteiger partial charge in [-0.05, 0) is 30.3 Å². The van der Waals surface area contributed by atoms with Crippen molar-refractivity contribution in [3.63, 3.8) is 0 Å². The summed E-state index contributed by atoms with van der Waals surface area (Å²) in [7, 11) is 0. The zero-order chi connectivity index (χ0) is 18.9. The molecule has 1 aromatic heterocycles. The van der Waals surface area contributed by atoms with Crippen molar-refractivity contribution in [3.05, 3.63) is 53.0 Å². The molecule has 0 amide bonds. The highest BCUT2D eigenvalue weighted by molar-refractivity contribution is 7.11. The van der Waals surface area contributed by atoms with E-state index in [1.165, 1.54) is 11.3 Å². The number of nitriles is 1. The monoisotopic (exact) mass is 391 g/mol. The minimum Gasteiger partial charge on any atom is -0.454 e. The second-order valence-electron chi connectivity index (χ2n) is 5.99. The van der Waals surface area contributed by atoms with Crippen LogP contribution in [-0.4, -0.2) is 18.6 Å². The van der Waals surface area contributed by atoms with E-state index in [1.54, 1.807) is 6.20 Å². The number of ether oxygens (including phenoxy) is 4. The summed E-state index contributed by atoms with van der Waals surface area (Å²) in [5.74, 6) is 2.82. The number of rotatable bonds is 4. The zero-order valence-electron chi connectivity index (χ0n) is 14.5. The van der Waals surface area contributed by atoms with Crippen molar-refractivity contribution in [1.82, 2.24) is 4.98 Å². The van der Waals surface area contributed by atoms with Gasteiger partial charge >= 0.3 is 0 Å². The van der Waals surface area contributed by atoms with E-state index >= 15 is 0 Å². The summed E-state index contributed by atoms with van der Waals surface area (Å²) in [5.41, 5.74) is 2.93. The van der Waals surface area contributed by atoms with Gasteiger partial charge in [-0.25, -0.2) is 4.98 Å². The quantitative estimate of drug-likeness (QED) is 0.666. The topological polar surface area (TPSA) is 85.6 Å². The van der Waals surface area contributed by atoms with E-state index in [4.69, 9.17) is 18.9 Å². The number of allylic oxidation sites excluding steroid dienone is 1. The van der Waals surface area contributed by atoms with Crippen LogP contribution in [0.4, 0.5) is 5.69 Å². The van der Waals surface area contributed by atoms with Crippen LogP contribution in [-0.2, 0) is 0 Å². The number of hydrogen-bond donors (Lipinski definition) is 1. The van der Waals surface area contributed by atoms with Gasteiger partial charge in [-0.15, -0.1) is 11.3 Å². The van der Waals surface area contributed by atoms with E-state index in [1.807, 2.05) is 41.8 Å². The van der Waals surface area contributed by atoms with Gasteiger partial charge in [0, 0.05) is 28.9 Å². The van der Waals surface area contributed by atoms with Crippen LogP contribution in [0.15, 0.2) is 48.0 Å². The number of aromatic nitrogens is 1. The number of hydrogen-bond acceptors (Lipinski definition) is 8. The smallest absolute Gasteiger partial charge is 0.231 e. The molecule has 5 rings (SSSR count). The highest BCUT2D eigenvalue weighted by Gasteiger charge is 2.16. The van der Waals surface area contributed by atoms with E-state index in [2.05, 4.69) is 16.4 Å². The average Bonchev–Trinajstić information content (AvgIpc) is 3.47. The molecule has 0 fully saturated rings. The number of fused-ring (bicyclic) bond motifs is 2. The Bertz CT molecular complexity index is 1130. The molecule has 28 heavy (non-hydrogen) atoms. The van der Waals surface area contributed by atoms with Gasteiger partial charge < -0.3 is 24.3 Å². The minimum absolute atomic E-state index is 0.222. The van der Waals surface area contributed by atoms with Crippen LogP contribution in [0.3, 0.4) is 0 Å². The lowest BCUT2D eigenvalue weighted by atomic mass is 10.1. The van der Waals surface area contributed by atoms with Crippen molar-refractivity contribution in [2.24, 2.45) is 0 Å². The molecular weight excluding hydrogens is 378 g/mol. The van der Waals surface area contributed by atoms with Gasteiger partial charge in [0.25, 0.3) is 0 Å². The first-order valence-corrected chi connectivity index (χ1v) is 9.30. The van der Waals surface area contributed by atoms with Gasteiger partial charge in [-0.3, -0.25) is 0 Å². The summed E-state index contributed by atoms with van der Waals surface area (Å²) in [6, 6.07) is 13.4. The largest absolute Gasteiger partial charge is 0.454 e. The molecule has 0 radical (unpaired) electrons. The van der Waals surface area contributed by atoms with Gasteiger partial charge in [0.05, 0.1) is 5.69 Å². The van der Waals surface area contributed by atoms with Crippen molar-refractivity contribution in [3.8, 4) is 40.3 Å². The second-order valence-corrected chi connectivity index (χ2v) is 6.85. The molecule has 138 valence electrons. The minimum atomic E-state index is 0.222. The fourth-order valence-corrected chi connectivity index (χ4v) is 3.66. The van der Waals surface area contributed by atoms with Crippen LogP contribution in [0.2, 0.25) is 0 Å². The number of benzene rings is 2. The maximum absolute atomic E-state index is 9.55. The molecular formula is C20H13N3O4S. The number of nitrogens with zero attached hydrogens (tertiary/aromatic N) is 2. The molecule has 2 aliphatic rings. The van der Waals surface area contributed by atoms with Crippen molar-refractivity contribution >= 4 is 22.6 Å². The molecule has 7 nitrogen and oxygen atoms in total. The molecule has 2 aromatic carbocycles. The summed E-state index contributed by atoms with van der Waals surface area (Å²) < 4.78 is 21.4. The van der Waals surface area contributed by atoms with E-state index in [0.29, 0.717) is 27.8 Å².